The van der Waals surface area contributed by atoms with E-state index in [1.165, 1.54) is 18.2 Å². The number of rotatable bonds is 2. The maximum atomic E-state index is 13.3. The summed E-state index contributed by atoms with van der Waals surface area (Å²) in [4.78, 5) is 4.14. The van der Waals surface area contributed by atoms with Crippen LogP contribution in [0.2, 0.25) is 0 Å². The minimum atomic E-state index is -3.36. The lowest BCUT2D eigenvalue weighted by atomic mass is 9.98. The molecule has 0 saturated carbocycles. The van der Waals surface area contributed by atoms with Crippen LogP contribution in [-0.4, -0.2) is 19.7 Å². The molecule has 1 aromatic heterocycles. The van der Waals surface area contributed by atoms with E-state index < -0.39 is 9.84 Å². The van der Waals surface area contributed by atoms with Crippen LogP contribution in [0.4, 0.5) is 10.1 Å². The van der Waals surface area contributed by atoms with Crippen LogP contribution in [0.3, 0.4) is 0 Å². The predicted octanol–water partition coefficient (Wildman–Crippen LogP) is 2.44. The molecular formula is C15H12FN2O2S. The Labute approximate surface area is 122 Å². The molecule has 107 valence electrons. The van der Waals surface area contributed by atoms with Crippen molar-refractivity contribution in [2.24, 2.45) is 0 Å². The van der Waals surface area contributed by atoms with E-state index in [2.05, 4.69) is 16.5 Å². The third-order valence-electron chi connectivity index (χ3n) is 3.20. The molecule has 0 amide bonds. The zero-order valence-electron chi connectivity index (χ0n) is 11.2. The summed E-state index contributed by atoms with van der Waals surface area (Å²) in [5.41, 5.74) is 2.79. The molecule has 6 heteroatoms. The van der Waals surface area contributed by atoms with Gasteiger partial charge in [-0.15, -0.1) is 0 Å². The number of halogens is 1. The molecule has 0 atom stereocenters. The molecule has 1 aromatic carbocycles. The normalized spacial score (nSPS) is 14.1. The van der Waals surface area contributed by atoms with E-state index in [1.54, 1.807) is 18.2 Å². The molecule has 1 radical (unpaired) electrons. The number of nitrogens with zero attached hydrogens (tertiary/aromatic N) is 1. The van der Waals surface area contributed by atoms with Gasteiger partial charge in [-0.3, -0.25) is 0 Å². The van der Waals surface area contributed by atoms with Crippen molar-refractivity contribution in [1.82, 2.24) is 4.98 Å². The lowest BCUT2D eigenvalue weighted by Gasteiger charge is -2.17. The summed E-state index contributed by atoms with van der Waals surface area (Å²) in [5, 5.41) is 2.97. The highest BCUT2D eigenvalue weighted by molar-refractivity contribution is 7.90. The van der Waals surface area contributed by atoms with Crippen molar-refractivity contribution < 1.29 is 12.8 Å². The van der Waals surface area contributed by atoms with Gasteiger partial charge >= 0.3 is 0 Å². The maximum Gasteiger partial charge on any atom is 0.192 e. The quantitative estimate of drug-likeness (QED) is 0.925. The molecular weight excluding hydrogens is 291 g/mol. The average Bonchev–Trinajstić information content (AvgIpc) is 2.45. The van der Waals surface area contributed by atoms with E-state index in [0.717, 1.165) is 17.5 Å². The minimum Gasteiger partial charge on any atom is -0.353 e. The fourth-order valence-electron chi connectivity index (χ4n) is 2.15. The number of aromatic nitrogens is 1. The van der Waals surface area contributed by atoms with Crippen molar-refractivity contribution in [1.29, 1.82) is 0 Å². The zero-order chi connectivity index (χ0) is 15.0. The van der Waals surface area contributed by atoms with Gasteiger partial charge in [0.25, 0.3) is 0 Å². The van der Waals surface area contributed by atoms with E-state index in [0.29, 0.717) is 17.7 Å². The fourth-order valence-corrected chi connectivity index (χ4v) is 2.74. The van der Waals surface area contributed by atoms with Gasteiger partial charge in [-0.2, -0.15) is 0 Å². The van der Waals surface area contributed by atoms with Crippen LogP contribution >= 0.6 is 0 Å². The Hall–Kier alpha value is -2.21. The highest BCUT2D eigenvalue weighted by atomic mass is 32.2. The van der Waals surface area contributed by atoms with E-state index in [9.17, 15) is 12.8 Å². The summed E-state index contributed by atoms with van der Waals surface area (Å²) in [6.07, 6.45) is 4.53. The molecule has 0 aliphatic carbocycles. The third kappa shape index (κ3) is 2.80. The van der Waals surface area contributed by atoms with Gasteiger partial charge in [0.1, 0.15) is 5.82 Å². The summed E-state index contributed by atoms with van der Waals surface area (Å²) in [6.45, 7) is 0. The maximum absolute atomic E-state index is 13.3. The monoisotopic (exact) mass is 303 g/mol. The Morgan fingerprint density at radius 2 is 2.10 bits per heavy atom. The topological polar surface area (TPSA) is 59.1 Å². The summed E-state index contributed by atoms with van der Waals surface area (Å²) in [6, 6.07) is 9.26. The van der Waals surface area contributed by atoms with Crippen molar-refractivity contribution >= 4 is 21.1 Å². The van der Waals surface area contributed by atoms with Crippen LogP contribution in [0.15, 0.2) is 41.4 Å². The minimum absolute atomic E-state index is 0.0133. The molecule has 1 N–H and O–H groups in total. The van der Waals surface area contributed by atoms with E-state index in [1.807, 2.05) is 0 Å². The van der Waals surface area contributed by atoms with Crippen LogP contribution in [0.5, 0.6) is 0 Å². The summed E-state index contributed by atoms with van der Waals surface area (Å²) in [7, 11) is -3.36. The molecule has 0 saturated heterocycles. The zero-order valence-corrected chi connectivity index (χ0v) is 12.0. The first-order valence-electron chi connectivity index (χ1n) is 6.27. The SMILES string of the molecule is CS(=O)(=O)c1cccc(C2=[C]Nc3ccc(F)cc3C2)n1. The molecule has 2 heterocycles. The van der Waals surface area contributed by atoms with Crippen molar-refractivity contribution in [3.8, 4) is 0 Å². The predicted molar refractivity (Wildman–Crippen MR) is 77.7 cm³/mol. The van der Waals surface area contributed by atoms with E-state index in [-0.39, 0.29) is 10.8 Å². The summed E-state index contributed by atoms with van der Waals surface area (Å²) >= 11 is 0. The molecule has 1 aliphatic rings. The Morgan fingerprint density at radius 3 is 2.86 bits per heavy atom. The Kier molecular flexibility index (Phi) is 3.25. The van der Waals surface area contributed by atoms with Gasteiger partial charge < -0.3 is 5.32 Å². The first kappa shape index (κ1) is 13.8. The number of anilines is 1. The van der Waals surface area contributed by atoms with Crippen LogP contribution in [0.25, 0.3) is 5.57 Å². The third-order valence-corrected chi connectivity index (χ3v) is 4.18. The van der Waals surface area contributed by atoms with Gasteiger partial charge in [0.2, 0.25) is 0 Å². The molecule has 1 aliphatic heterocycles. The molecule has 4 nitrogen and oxygen atoms in total. The van der Waals surface area contributed by atoms with Crippen molar-refractivity contribution in [3.63, 3.8) is 0 Å². The molecule has 21 heavy (non-hydrogen) atoms. The highest BCUT2D eigenvalue weighted by Gasteiger charge is 2.16. The number of pyridine rings is 1. The number of fused-ring (bicyclic) bond motifs is 1. The molecule has 0 unspecified atom stereocenters. The lowest BCUT2D eigenvalue weighted by Crippen LogP contribution is -2.09. The second kappa shape index (κ2) is 4.96. The van der Waals surface area contributed by atoms with Gasteiger partial charge in [-0.1, -0.05) is 6.07 Å². The molecule has 0 spiro atoms. The second-order valence-corrected chi connectivity index (χ2v) is 6.80. The van der Waals surface area contributed by atoms with Gasteiger partial charge in [-0.25, -0.2) is 17.8 Å². The lowest BCUT2D eigenvalue weighted by molar-refractivity contribution is 0.598. The van der Waals surface area contributed by atoms with Crippen LogP contribution in [-0.2, 0) is 16.3 Å². The number of benzene rings is 1. The van der Waals surface area contributed by atoms with E-state index >= 15 is 0 Å². The van der Waals surface area contributed by atoms with Gasteiger partial charge in [0.05, 0.1) is 11.9 Å². The number of hydrogen-bond donors (Lipinski definition) is 1. The smallest absolute Gasteiger partial charge is 0.192 e. The number of sulfone groups is 1. The van der Waals surface area contributed by atoms with Crippen molar-refractivity contribution in [2.75, 3.05) is 11.6 Å². The molecule has 3 rings (SSSR count). The molecule has 0 bridgehead atoms. The first-order chi connectivity index (χ1) is 9.93. The summed E-state index contributed by atoms with van der Waals surface area (Å²) < 4.78 is 36.4. The van der Waals surface area contributed by atoms with Crippen molar-refractivity contribution in [3.05, 3.63) is 59.7 Å². The second-order valence-electron chi connectivity index (χ2n) is 4.84. The first-order valence-corrected chi connectivity index (χ1v) is 8.16. The number of allylic oxidation sites excluding steroid dienone is 1. The highest BCUT2D eigenvalue weighted by Crippen LogP contribution is 2.28. The van der Waals surface area contributed by atoms with Crippen LogP contribution in [0, 0.1) is 12.0 Å². The Bertz CT molecular complexity index is 845. The van der Waals surface area contributed by atoms with Crippen LogP contribution in [0.1, 0.15) is 11.3 Å². The van der Waals surface area contributed by atoms with Gasteiger partial charge in [0.15, 0.2) is 14.9 Å². The Balaban J connectivity index is 1.98. The number of nitrogens with one attached hydrogen (secondary N) is 1. The largest absolute Gasteiger partial charge is 0.353 e. The van der Waals surface area contributed by atoms with E-state index in [4.69, 9.17) is 0 Å². The van der Waals surface area contributed by atoms with Gasteiger partial charge in [0, 0.05) is 23.9 Å². The average molecular weight is 303 g/mol. The van der Waals surface area contributed by atoms with Crippen molar-refractivity contribution in [2.45, 2.75) is 11.4 Å². The number of hydrogen-bond acceptors (Lipinski definition) is 4. The summed E-state index contributed by atoms with van der Waals surface area (Å²) in [5.74, 6) is -0.311. The standard InChI is InChI=1S/C15H12FN2O2S/c1-21(19,20)15-4-2-3-14(18-15)11-7-10-8-12(16)5-6-13(10)17-9-11/h2-6,8,17H,7H2,1H3. The molecule has 0 fully saturated rings. The Morgan fingerprint density at radius 1 is 1.29 bits per heavy atom. The fraction of sp³-hybridized carbons (Fsp3) is 0.133. The van der Waals surface area contributed by atoms with Gasteiger partial charge in [-0.05, 0) is 35.9 Å². The van der Waals surface area contributed by atoms with Crippen LogP contribution < -0.4 is 5.32 Å². The molecule has 2 aromatic rings.